The Morgan fingerprint density at radius 3 is 2.43 bits per heavy atom. The molecule has 0 unspecified atom stereocenters. The molecule has 1 aromatic carbocycles. The number of anilines is 1. The van der Waals surface area contributed by atoms with Crippen molar-refractivity contribution in [3.63, 3.8) is 0 Å². The predicted molar refractivity (Wildman–Crippen MR) is 81.6 cm³/mol. The molecule has 1 amide bonds. The van der Waals surface area contributed by atoms with Crippen LogP contribution in [0.25, 0.3) is 0 Å². The number of hydrogen-bond donors (Lipinski definition) is 2. The molecular weight excluding hydrogens is 290 g/mol. The lowest BCUT2D eigenvalue weighted by Gasteiger charge is -2.22. The van der Waals surface area contributed by atoms with Crippen molar-refractivity contribution in [1.82, 2.24) is 9.62 Å². The average Bonchev–Trinajstić information content (AvgIpc) is 2.48. The van der Waals surface area contributed by atoms with E-state index in [-0.39, 0.29) is 16.8 Å². The van der Waals surface area contributed by atoms with Gasteiger partial charge < -0.3 is 10.6 Å². The molecule has 2 N–H and O–H groups in total. The van der Waals surface area contributed by atoms with Crippen LogP contribution in [0.4, 0.5) is 5.69 Å². The summed E-state index contributed by atoms with van der Waals surface area (Å²) in [5.41, 5.74) is 0.602. The minimum atomic E-state index is -3.43. The maximum atomic E-state index is 12.1. The van der Waals surface area contributed by atoms with E-state index in [0.29, 0.717) is 5.69 Å². The van der Waals surface area contributed by atoms with Gasteiger partial charge in [-0.05, 0) is 43.7 Å². The van der Waals surface area contributed by atoms with Gasteiger partial charge in [-0.3, -0.25) is 4.79 Å². The molecule has 1 aromatic rings. The van der Waals surface area contributed by atoms with Gasteiger partial charge in [-0.1, -0.05) is 6.42 Å². The summed E-state index contributed by atoms with van der Waals surface area (Å²) >= 11 is 0. The number of amides is 1. The summed E-state index contributed by atoms with van der Waals surface area (Å²) in [5.74, 6) is -0.0714. The Bertz CT molecular complexity index is 590. The molecule has 0 bridgehead atoms. The molecule has 1 saturated heterocycles. The van der Waals surface area contributed by atoms with Gasteiger partial charge in [0.2, 0.25) is 15.9 Å². The quantitative estimate of drug-likeness (QED) is 0.870. The van der Waals surface area contributed by atoms with E-state index in [4.69, 9.17) is 0 Å². The van der Waals surface area contributed by atoms with Crippen molar-refractivity contribution in [3.05, 3.63) is 24.3 Å². The lowest BCUT2D eigenvalue weighted by Crippen LogP contribution is -2.43. The molecule has 21 heavy (non-hydrogen) atoms. The van der Waals surface area contributed by atoms with Crippen molar-refractivity contribution in [1.29, 1.82) is 0 Å². The Morgan fingerprint density at radius 2 is 1.90 bits per heavy atom. The van der Waals surface area contributed by atoms with Crippen LogP contribution in [-0.2, 0) is 14.8 Å². The minimum Gasteiger partial charge on any atom is -0.325 e. The summed E-state index contributed by atoms with van der Waals surface area (Å²) < 4.78 is 25.0. The van der Waals surface area contributed by atoms with E-state index in [0.717, 1.165) is 30.1 Å². The molecule has 1 aliphatic rings. The number of piperidine rings is 1. The summed E-state index contributed by atoms with van der Waals surface area (Å²) in [5, 5.41) is 5.98. The Balaban J connectivity index is 2.04. The third-order valence-corrected chi connectivity index (χ3v) is 5.36. The van der Waals surface area contributed by atoms with Gasteiger partial charge in [-0.25, -0.2) is 12.7 Å². The van der Waals surface area contributed by atoms with Crippen LogP contribution in [0, 0.1) is 0 Å². The third kappa shape index (κ3) is 3.81. The minimum absolute atomic E-state index is 0.0714. The highest BCUT2D eigenvalue weighted by molar-refractivity contribution is 7.89. The molecule has 0 aliphatic carbocycles. The van der Waals surface area contributed by atoms with Crippen molar-refractivity contribution < 1.29 is 13.2 Å². The summed E-state index contributed by atoms with van der Waals surface area (Å²) in [6.45, 7) is 0.859. The van der Waals surface area contributed by atoms with Gasteiger partial charge in [-0.2, -0.15) is 0 Å². The SMILES string of the molecule is CN(C)S(=O)(=O)c1ccc(NC(=O)[C@H]2CCCCN2)cc1. The smallest absolute Gasteiger partial charge is 0.242 e. The lowest BCUT2D eigenvalue weighted by atomic mass is 10.0. The van der Waals surface area contributed by atoms with Crippen molar-refractivity contribution in [2.75, 3.05) is 26.0 Å². The van der Waals surface area contributed by atoms with Crippen LogP contribution in [0.5, 0.6) is 0 Å². The van der Waals surface area contributed by atoms with Gasteiger partial charge in [0.05, 0.1) is 10.9 Å². The van der Waals surface area contributed by atoms with Gasteiger partial charge in [0, 0.05) is 19.8 Å². The molecular formula is C14H21N3O3S. The van der Waals surface area contributed by atoms with Gasteiger partial charge >= 0.3 is 0 Å². The summed E-state index contributed by atoms with van der Waals surface area (Å²) in [6, 6.07) is 6.05. The van der Waals surface area contributed by atoms with E-state index in [9.17, 15) is 13.2 Å². The van der Waals surface area contributed by atoms with Gasteiger partial charge in [-0.15, -0.1) is 0 Å². The van der Waals surface area contributed by atoms with E-state index in [2.05, 4.69) is 10.6 Å². The fourth-order valence-corrected chi connectivity index (χ4v) is 3.13. The molecule has 116 valence electrons. The molecule has 0 spiro atoms. The molecule has 2 rings (SSSR count). The third-order valence-electron chi connectivity index (χ3n) is 3.53. The van der Waals surface area contributed by atoms with Gasteiger partial charge in [0.1, 0.15) is 0 Å². The fourth-order valence-electron chi connectivity index (χ4n) is 2.23. The molecule has 1 aliphatic heterocycles. The summed E-state index contributed by atoms with van der Waals surface area (Å²) in [6.07, 6.45) is 2.98. The number of nitrogens with zero attached hydrogens (tertiary/aromatic N) is 1. The van der Waals surface area contributed by atoms with Gasteiger partial charge in [0.15, 0.2) is 0 Å². The molecule has 0 saturated carbocycles. The lowest BCUT2D eigenvalue weighted by molar-refractivity contribution is -0.118. The zero-order valence-corrected chi connectivity index (χ0v) is 13.1. The van der Waals surface area contributed by atoms with Crippen molar-refractivity contribution in [2.45, 2.75) is 30.2 Å². The highest BCUT2D eigenvalue weighted by Gasteiger charge is 2.21. The molecule has 0 radical (unpaired) electrons. The van der Waals surface area contributed by atoms with Crippen LogP contribution >= 0.6 is 0 Å². The van der Waals surface area contributed by atoms with Crippen molar-refractivity contribution in [3.8, 4) is 0 Å². The van der Waals surface area contributed by atoms with E-state index in [1.54, 1.807) is 12.1 Å². The second-order valence-corrected chi connectivity index (χ2v) is 7.46. The molecule has 6 nitrogen and oxygen atoms in total. The Hall–Kier alpha value is -1.44. The van der Waals surface area contributed by atoms with Crippen LogP contribution in [0.1, 0.15) is 19.3 Å². The molecule has 1 heterocycles. The van der Waals surface area contributed by atoms with E-state index in [1.807, 2.05) is 0 Å². The fraction of sp³-hybridized carbons (Fsp3) is 0.500. The van der Waals surface area contributed by atoms with Crippen LogP contribution in [-0.4, -0.2) is 45.3 Å². The average molecular weight is 311 g/mol. The van der Waals surface area contributed by atoms with E-state index in [1.165, 1.54) is 26.2 Å². The van der Waals surface area contributed by atoms with Crippen molar-refractivity contribution in [2.24, 2.45) is 0 Å². The van der Waals surface area contributed by atoms with Crippen LogP contribution < -0.4 is 10.6 Å². The van der Waals surface area contributed by atoms with E-state index < -0.39 is 10.0 Å². The highest BCUT2D eigenvalue weighted by Crippen LogP contribution is 2.17. The maximum Gasteiger partial charge on any atom is 0.242 e. The topological polar surface area (TPSA) is 78.5 Å². The largest absolute Gasteiger partial charge is 0.325 e. The number of carbonyl (C=O) groups is 1. The zero-order chi connectivity index (χ0) is 15.5. The number of hydrogen-bond acceptors (Lipinski definition) is 4. The zero-order valence-electron chi connectivity index (χ0n) is 12.3. The number of carbonyl (C=O) groups excluding carboxylic acids is 1. The van der Waals surface area contributed by atoms with Crippen molar-refractivity contribution >= 4 is 21.6 Å². The second-order valence-electron chi connectivity index (χ2n) is 5.30. The van der Waals surface area contributed by atoms with E-state index >= 15 is 0 Å². The van der Waals surface area contributed by atoms with Crippen LogP contribution in [0.15, 0.2) is 29.2 Å². The Morgan fingerprint density at radius 1 is 1.24 bits per heavy atom. The normalized spacial score (nSPS) is 19.5. The molecule has 7 heteroatoms. The monoisotopic (exact) mass is 311 g/mol. The van der Waals surface area contributed by atoms with Gasteiger partial charge in [0.25, 0.3) is 0 Å². The summed E-state index contributed by atoms with van der Waals surface area (Å²) in [7, 11) is -0.463. The van der Waals surface area contributed by atoms with Crippen LogP contribution in [0.2, 0.25) is 0 Å². The second kappa shape index (κ2) is 6.55. The molecule has 1 fully saturated rings. The summed E-state index contributed by atoms with van der Waals surface area (Å²) in [4.78, 5) is 12.3. The highest BCUT2D eigenvalue weighted by atomic mass is 32.2. The van der Waals surface area contributed by atoms with Crippen LogP contribution in [0.3, 0.4) is 0 Å². The Kier molecular flexibility index (Phi) is 4.97. The number of sulfonamides is 1. The molecule has 1 atom stereocenters. The Labute approximate surface area is 125 Å². The maximum absolute atomic E-state index is 12.1. The standard InChI is InChI=1S/C14H21N3O3S/c1-17(2)21(19,20)12-8-6-11(7-9-12)16-14(18)13-5-3-4-10-15-13/h6-9,13,15H,3-5,10H2,1-2H3,(H,16,18)/t13-/m1/s1. The first-order valence-corrected chi connectivity index (χ1v) is 8.42. The first-order valence-electron chi connectivity index (χ1n) is 6.98. The number of rotatable bonds is 4. The first-order chi connectivity index (χ1) is 9.91. The number of nitrogens with one attached hydrogen (secondary N) is 2. The molecule has 0 aromatic heterocycles. The predicted octanol–water partition coefficient (Wildman–Crippen LogP) is 1.02. The first kappa shape index (κ1) is 15.9. The number of benzene rings is 1.